The number of halogens is 2. The largest absolute Gasteiger partial charge is 0.386 e. The van der Waals surface area contributed by atoms with Crippen LogP contribution in [0.4, 0.5) is 4.39 Å². The van der Waals surface area contributed by atoms with Gasteiger partial charge in [-0.15, -0.1) is 5.10 Å². The van der Waals surface area contributed by atoms with Crippen molar-refractivity contribution in [1.82, 2.24) is 0 Å². The van der Waals surface area contributed by atoms with Crippen molar-refractivity contribution < 1.29 is 4.39 Å². The molecule has 0 saturated heterocycles. The highest BCUT2D eigenvalue weighted by Crippen LogP contribution is 2.19. The molecule has 0 aromatic heterocycles. The fourth-order valence-electron chi connectivity index (χ4n) is 1.35. The first-order valence-corrected chi connectivity index (χ1v) is 5.30. The predicted octanol–water partition coefficient (Wildman–Crippen LogP) is 2.44. The van der Waals surface area contributed by atoms with E-state index in [0.29, 0.717) is 16.7 Å². The number of amidine groups is 1. The van der Waals surface area contributed by atoms with Crippen molar-refractivity contribution >= 4 is 27.5 Å². The minimum absolute atomic E-state index is 0.279. The fraction of sp³-hybridized carbons (Fsp3) is 0.200. The van der Waals surface area contributed by atoms with Gasteiger partial charge >= 0.3 is 0 Å². The third-order valence-corrected chi connectivity index (χ3v) is 2.78. The number of rotatable bonds is 1. The van der Waals surface area contributed by atoms with E-state index in [1.54, 1.807) is 12.1 Å². The van der Waals surface area contributed by atoms with E-state index >= 15 is 0 Å². The van der Waals surface area contributed by atoms with Gasteiger partial charge in [0.15, 0.2) is 0 Å². The molecule has 2 rings (SSSR count). The van der Waals surface area contributed by atoms with Crippen LogP contribution in [0.3, 0.4) is 0 Å². The van der Waals surface area contributed by atoms with E-state index in [9.17, 15) is 4.39 Å². The Labute approximate surface area is 95.0 Å². The maximum Gasteiger partial charge on any atom is 0.137 e. The zero-order valence-corrected chi connectivity index (χ0v) is 9.46. The maximum atomic E-state index is 13.0. The molecule has 0 spiro atoms. The molecule has 0 saturated carbocycles. The molecule has 5 heteroatoms. The minimum atomic E-state index is -0.279. The standard InChI is InChI=1S/C10H9BrFN3/c11-7-5-6(1-2-8(7)12)9-3-4-10(13)15-14-9/h1-2,5H,3-4H2,(H2,13,15). The summed E-state index contributed by atoms with van der Waals surface area (Å²) in [6.45, 7) is 0. The Morgan fingerprint density at radius 1 is 1.27 bits per heavy atom. The summed E-state index contributed by atoms with van der Waals surface area (Å²) in [6, 6.07) is 4.80. The molecule has 0 fully saturated rings. The molecule has 3 nitrogen and oxygen atoms in total. The lowest BCUT2D eigenvalue weighted by molar-refractivity contribution is 0.621. The van der Waals surface area contributed by atoms with Crippen LogP contribution in [0.1, 0.15) is 18.4 Å². The third-order valence-electron chi connectivity index (χ3n) is 2.17. The van der Waals surface area contributed by atoms with Crippen LogP contribution < -0.4 is 5.73 Å². The number of nitrogens with two attached hydrogens (primary N) is 1. The van der Waals surface area contributed by atoms with Gasteiger partial charge in [-0.2, -0.15) is 5.10 Å². The smallest absolute Gasteiger partial charge is 0.137 e. The Balaban J connectivity index is 2.35. The fourth-order valence-corrected chi connectivity index (χ4v) is 1.73. The molecule has 15 heavy (non-hydrogen) atoms. The van der Waals surface area contributed by atoms with Crippen LogP contribution in [0.2, 0.25) is 0 Å². The highest BCUT2D eigenvalue weighted by atomic mass is 79.9. The van der Waals surface area contributed by atoms with E-state index in [4.69, 9.17) is 5.73 Å². The van der Waals surface area contributed by atoms with Crippen LogP contribution >= 0.6 is 15.9 Å². The van der Waals surface area contributed by atoms with E-state index in [1.807, 2.05) is 0 Å². The Kier molecular flexibility index (Phi) is 2.81. The molecule has 1 aliphatic heterocycles. The van der Waals surface area contributed by atoms with Gasteiger partial charge in [-0.1, -0.05) is 6.07 Å². The van der Waals surface area contributed by atoms with Crippen LogP contribution in [0.25, 0.3) is 0 Å². The second kappa shape index (κ2) is 4.10. The summed E-state index contributed by atoms with van der Waals surface area (Å²) in [7, 11) is 0. The predicted molar refractivity (Wildman–Crippen MR) is 61.5 cm³/mol. The Bertz CT molecular complexity index is 454. The van der Waals surface area contributed by atoms with Crippen molar-refractivity contribution in [3.8, 4) is 0 Å². The summed E-state index contributed by atoms with van der Waals surface area (Å²) in [5.41, 5.74) is 7.22. The minimum Gasteiger partial charge on any atom is -0.386 e. The molecule has 78 valence electrons. The number of hydrogen-bond donors (Lipinski definition) is 1. The summed E-state index contributed by atoms with van der Waals surface area (Å²) in [4.78, 5) is 0. The SMILES string of the molecule is NC1=NN=C(c2ccc(F)c(Br)c2)CC1. The highest BCUT2D eigenvalue weighted by Gasteiger charge is 2.11. The molecule has 1 heterocycles. The van der Waals surface area contributed by atoms with Gasteiger partial charge in [-0.3, -0.25) is 0 Å². The van der Waals surface area contributed by atoms with Crippen molar-refractivity contribution in [2.45, 2.75) is 12.8 Å². The normalized spacial score (nSPS) is 15.9. The second-order valence-electron chi connectivity index (χ2n) is 3.27. The number of nitrogens with zero attached hydrogens (tertiary/aromatic N) is 2. The summed E-state index contributed by atoms with van der Waals surface area (Å²) in [6.07, 6.45) is 1.45. The van der Waals surface area contributed by atoms with Gasteiger partial charge in [0.2, 0.25) is 0 Å². The Hall–Kier alpha value is -1.23. The molecule has 1 aliphatic rings. The molecule has 1 aromatic rings. The first kappa shape index (κ1) is 10.3. The lowest BCUT2D eigenvalue weighted by Crippen LogP contribution is -2.17. The lowest BCUT2D eigenvalue weighted by Gasteiger charge is -2.09. The summed E-state index contributed by atoms with van der Waals surface area (Å²) >= 11 is 3.13. The monoisotopic (exact) mass is 269 g/mol. The molecular weight excluding hydrogens is 261 g/mol. The van der Waals surface area contributed by atoms with Crippen LogP contribution in [0, 0.1) is 5.82 Å². The molecule has 0 amide bonds. The van der Waals surface area contributed by atoms with Gasteiger partial charge in [0.25, 0.3) is 0 Å². The van der Waals surface area contributed by atoms with Gasteiger partial charge in [0, 0.05) is 6.42 Å². The van der Waals surface area contributed by atoms with Crippen LogP contribution in [-0.4, -0.2) is 11.5 Å². The van der Waals surface area contributed by atoms with Gasteiger partial charge in [0.1, 0.15) is 11.7 Å². The average molecular weight is 270 g/mol. The first-order chi connectivity index (χ1) is 7.16. The highest BCUT2D eigenvalue weighted by molar-refractivity contribution is 9.10. The summed E-state index contributed by atoms with van der Waals surface area (Å²) < 4.78 is 13.4. The van der Waals surface area contributed by atoms with Crippen LogP contribution in [-0.2, 0) is 0 Å². The molecule has 1 aromatic carbocycles. The van der Waals surface area contributed by atoms with Crippen molar-refractivity contribution in [2.75, 3.05) is 0 Å². The number of benzene rings is 1. The van der Waals surface area contributed by atoms with Crippen molar-refractivity contribution in [1.29, 1.82) is 0 Å². The average Bonchev–Trinajstić information content (AvgIpc) is 2.23. The van der Waals surface area contributed by atoms with Gasteiger partial charge < -0.3 is 5.73 Å². The molecule has 2 N–H and O–H groups in total. The van der Waals surface area contributed by atoms with Crippen LogP contribution in [0.5, 0.6) is 0 Å². The molecule has 0 aliphatic carbocycles. The third kappa shape index (κ3) is 2.23. The number of hydrogen-bond acceptors (Lipinski definition) is 3. The van der Waals surface area contributed by atoms with Gasteiger partial charge in [0.05, 0.1) is 10.2 Å². The van der Waals surface area contributed by atoms with Gasteiger partial charge in [-0.05, 0) is 40.0 Å². The second-order valence-corrected chi connectivity index (χ2v) is 4.12. The zero-order valence-electron chi connectivity index (χ0n) is 7.87. The summed E-state index contributed by atoms with van der Waals surface area (Å²) in [5, 5.41) is 7.80. The van der Waals surface area contributed by atoms with Crippen molar-refractivity contribution in [2.24, 2.45) is 15.9 Å². The lowest BCUT2D eigenvalue weighted by atomic mass is 10.0. The first-order valence-electron chi connectivity index (χ1n) is 4.51. The molecule has 0 atom stereocenters. The Morgan fingerprint density at radius 2 is 2.07 bits per heavy atom. The van der Waals surface area contributed by atoms with E-state index in [2.05, 4.69) is 26.1 Å². The van der Waals surface area contributed by atoms with E-state index in [1.165, 1.54) is 6.07 Å². The van der Waals surface area contributed by atoms with Gasteiger partial charge in [-0.25, -0.2) is 4.39 Å². The molecular formula is C10H9BrFN3. The Morgan fingerprint density at radius 3 is 2.67 bits per heavy atom. The van der Waals surface area contributed by atoms with E-state index in [0.717, 1.165) is 17.7 Å². The molecule has 0 bridgehead atoms. The molecule has 0 unspecified atom stereocenters. The summed E-state index contributed by atoms with van der Waals surface area (Å²) in [5.74, 6) is 0.262. The van der Waals surface area contributed by atoms with Crippen LogP contribution in [0.15, 0.2) is 32.9 Å². The van der Waals surface area contributed by atoms with Crippen molar-refractivity contribution in [3.63, 3.8) is 0 Å². The van der Waals surface area contributed by atoms with E-state index in [-0.39, 0.29) is 5.82 Å². The zero-order chi connectivity index (χ0) is 10.8. The maximum absolute atomic E-state index is 13.0. The topological polar surface area (TPSA) is 50.7 Å². The van der Waals surface area contributed by atoms with Crippen molar-refractivity contribution in [3.05, 3.63) is 34.1 Å². The van der Waals surface area contributed by atoms with E-state index < -0.39 is 0 Å². The quantitative estimate of drug-likeness (QED) is 0.837. The molecule has 0 radical (unpaired) electrons.